The average molecular weight is 216 g/mol. The Kier molecular flexibility index (Phi) is 2.50. The summed E-state index contributed by atoms with van der Waals surface area (Å²) in [7, 11) is 0. The van der Waals surface area contributed by atoms with Gasteiger partial charge in [0, 0.05) is 11.9 Å². The molecule has 1 aromatic carbocycles. The summed E-state index contributed by atoms with van der Waals surface area (Å²) in [6.07, 6.45) is 5.91. The summed E-state index contributed by atoms with van der Waals surface area (Å²) in [5.41, 5.74) is -1.44. The molecule has 0 fully saturated rings. The summed E-state index contributed by atoms with van der Waals surface area (Å²) in [5.74, 6) is -1.32. The maximum absolute atomic E-state index is 11.1. The summed E-state index contributed by atoms with van der Waals surface area (Å²) >= 11 is 0. The second-order valence-corrected chi connectivity index (χ2v) is 3.36. The van der Waals surface area contributed by atoms with Crippen LogP contribution >= 0.6 is 0 Å². The number of allylic oxidation sites excluding steroid dienone is 2. The van der Waals surface area contributed by atoms with Gasteiger partial charge >= 0.3 is 5.97 Å². The number of hydrogen-bond acceptors (Lipinski definition) is 3. The Balaban J connectivity index is 2.44. The van der Waals surface area contributed by atoms with Crippen molar-refractivity contribution in [2.45, 2.75) is 5.72 Å². The number of carboxylic acid groups (broad SMARTS) is 1. The molecule has 2 N–H and O–H groups in total. The van der Waals surface area contributed by atoms with Crippen molar-refractivity contribution in [2.24, 2.45) is 0 Å². The van der Waals surface area contributed by atoms with Gasteiger partial charge in [0.15, 0.2) is 0 Å². The van der Waals surface area contributed by atoms with Gasteiger partial charge in [0.2, 0.25) is 0 Å². The van der Waals surface area contributed by atoms with E-state index in [9.17, 15) is 9.90 Å². The normalized spacial score (nSPS) is 23.4. The lowest BCUT2D eigenvalue weighted by atomic mass is 10.1. The summed E-state index contributed by atoms with van der Waals surface area (Å²) < 4.78 is 0. The zero-order valence-electron chi connectivity index (χ0n) is 8.37. The van der Waals surface area contributed by atoms with Gasteiger partial charge in [-0.3, -0.25) is 0 Å². The van der Waals surface area contributed by atoms with Crippen molar-refractivity contribution in [3.05, 3.63) is 54.8 Å². The van der Waals surface area contributed by atoms with E-state index in [-0.39, 0.29) is 0 Å². The molecule has 0 saturated carbocycles. The Bertz CT molecular complexity index is 453. The van der Waals surface area contributed by atoms with Crippen LogP contribution in [0.1, 0.15) is 0 Å². The van der Waals surface area contributed by atoms with Crippen LogP contribution in [0.15, 0.2) is 48.7 Å². The molecular weight excluding hydrogens is 206 g/mol. The van der Waals surface area contributed by atoms with Crippen LogP contribution in [0.5, 0.6) is 0 Å². The minimum atomic E-state index is -2.03. The molecule has 1 atom stereocenters. The Morgan fingerprint density at radius 1 is 1.31 bits per heavy atom. The van der Waals surface area contributed by atoms with Crippen LogP contribution in [-0.4, -0.2) is 21.9 Å². The number of anilines is 1. The van der Waals surface area contributed by atoms with E-state index in [0.29, 0.717) is 5.69 Å². The van der Waals surface area contributed by atoms with E-state index in [4.69, 9.17) is 5.11 Å². The van der Waals surface area contributed by atoms with Crippen molar-refractivity contribution in [1.82, 2.24) is 0 Å². The quantitative estimate of drug-likeness (QED) is 0.778. The highest BCUT2D eigenvalue weighted by Gasteiger charge is 2.40. The monoisotopic (exact) mass is 216 g/mol. The molecule has 1 unspecified atom stereocenters. The second kappa shape index (κ2) is 3.83. The average Bonchev–Trinajstić information content (AvgIpc) is 2.30. The summed E-state index contributed by atoms with van der Waals surface area (Å²) in [5, 5.41) is 19.1. The first-order valence-electron chi connectivity index (χ1n) is 4.72. The minimum absolute atomic E-state index is 0.587. The first-order valence-corrected chi connectivity index (χ1v) is 4.72. The highest BCUT2D eigenvalue weighted by Crippen LogP contribution is 2.26. The van der Waals surface area contributed by atoms with E-state index in [2.05, 4.69) is 6.07 Å². The number of aliphatic carboxylic acids is 1. The SMILES string of the molecule is O=C(O)C1(O)C=CC=CN1c1cc[c]cc1. The van der Waals surface area contributed by atoms with E-state index >= 15 is 0 Å². The van der Waals surface area contributed by atoms with Crippen molar-refractivity contribution in [3.63, 3.8) is 0 Å². The van der Waals surface area contributed by atoms with Crippen LogP contribution in [0.4, 0.5) is 5.69 Å². The first kappa shape index (κ1) is 10.4. The molecule has 1 heterocycles. The molecule has 1 aliphatic rings. The molecule has 0 saturated heterocycles. The second-order valence-electron chi connectivity index (χ2n) is 3.36. The van der Waals surface area contributed by atoms with Crippen molar-refractivity contribution in [1.29, 1.82) is 0 Å². The van der Waals surface area contributed by atoms with Crippen LogP contribution in [0.2, 0.25) is 0 Å². The van der Waals surface area contributed by atoms with Gasteiger partial charge in [-0.2, -0.15) is 0 Å². The topological polar surface area (TPSA) is 60.8 Å². The van der Waals surface area contributed by atoms with Crippen molar-refractivity contribution < 1.29 is 15.0 Å². The van der Waals surface area contributed by atoms with Gasteiger partial charge in [0.25, 0.3) is 5.72 Å². The maximum atomic E-state index is 11.1. The van der Waals surface area contributed by atoms with Crippen LogP contribution in [0.3, 0.4) is 0 Å². The van der Waals surface area contributed by atoms with Crippen LogP contribution in [-0.2, 0) is 4.79 Å². The molecule has 81 valence electrons. The van der Waals surface area contributed by atoms with Crippen molar-refractivity contribution in [2.75, 3.05) is 4.90 Å². The molecule has 1 aromatic rings. The molecule has 1 aliphatic heterocycles. The lowest BCUT2D eigenvalue weighted by Crippen LogP contribution is -2.52. The number of benzene rings is 1. The fraction of sp³-hybridized carbons (Fsp3) is 0.0833. The summed E-state index contributed by atoms with van der Waals surface area (Å²) in [6.45, 7) is 0. The minimum Gasteiger partial charge on any atom is -0.477 e. The Morgan fingerprint density at radius 2 is 2.00 bits per heavy atom. The Morgan fingerprint density at radius 3 is 2.62 bits per heavy atom. The number of carbonyl (C=O) groups is 1. The zero-order chi connectivity index (χ0) is 11.6. The maximum Gasteiger partial charge on any atom is 0.362 e. The highest BCUT2D eigenvalue weighted by molar-refractivity contribution is 5.85. The predicted molar refractivity (Wildman–Crippen MR) is 58.6 cm³/mol. The van der Waals surface area contributed by atoms with E-state index in [1.54, 1.807) is 30.3 Å². The van der Waals surface area contributed by atoms with Gasteiger partial charge in [0.1, 0.15) is 0 Å². The third kappa shape index (κ3) is 1.59. The van der Waals surface area contributed by atoms with Crippen LogP contribution < -0.4 is 4.90 Å². The van der Waals surface area contributed by atoms with Crippen LogP contribution in [0, 0.1) is 6.07 Å². The van der Waals surface area contributed by atoms with Crippen LogP contribution in [0.25, 0.3) is 0 Å². The largest absolute Gasteiger partial charge is 0.477 e. The van der Waals surface area contributed by atoms with Gasteiger partial charge in [-0.05, 0) is 30.4 Å². The van der Waals surface area contributed by atoms with E-state index in [1.807, 2.05) is 0 Å². The summed E-state index contributed by atoms with van der Waals surface area (Å²) in [6, 6.07) is 9.50. The first-order chi connectivity index (χ1) is 7.64. The molecule has 0 spiro atoms. The summed E-state index contributed by atoms with van der Waals surface area (Å²) in [4.78, 5) is 12.4. The fourth-order valence-corrected chi connectivity index (χ4v) is 1.52. The molecule has 0 amide bonds. The highest BCUT2D eigenvalue weighted by atomic mass is 16.4. The van der Waals surface area contributed by atoms with Crippen molar-refractivity contribution in [3.8, 4) is 0 Å². The lowest BCUT2D eigenvalue weighted by Gasteiger charge is -2.34. The standard InChI is InChI=1S/C12H10NO3/c14-11(15)12(16)8-4-5-9-13(12)10-6-2-1-3-7-10/h2-9,16H,(H,14,15). The predicted octanol–water partition coefficient (Wildman–Crippen LogP) is 1.15. The number of carboxylic acids is 1. The molecular formula is C12H10NO3. The van der Waals surface area contributed by atoms with Crippen molar-refractivity contribution >= 4 is 11.7 Å². The Labute approximate surface area is 92.7 Å². The van der Waals surface area contributed by atoms with Gasteiger partial charge in [-0.1, -0.05) is 18.2 Å². The molecule has 16 heavy (non-hydrogen) atoms. The molecule has 0 bridgehead atoms. The molecule has 0 aliphatic carbocycles. The Hall–Kier alpha value is -2.07. The smallest absolute Gasteiger partial charge is 0.362 e. The third-order valence-electron chi connectivity index (χ3n) is 2.34. The molecule has 0 aromatic heterocycles. The molecule has 4 nitrogen and oxygen atoms in total. The lowest BCUT2D eigenvalue weighted by molar-refractivity contribution is -0.152. The van der Waals surface area contributed by atoms with Gasteiger partial charge in [0.05, 0.1) is 0 Å². The molecule has 2 rings (SSSR count). The van der Waals surface area contributed by atoms with Gasteiger partial charge < -0.3 is 15.1 Å². The number of rotatable bonds is 2. The van der Waals surface area contributed by atoms with E-state index in [0.717, 1.165) is 0 Å². The van der Waals surface area contributed by atoms with Gasteiger partial charge in [-0.25, -0.2) is 4.79 Å². The molecule has 4 heteroatoms. The van der Waals surface area contributed by atoms with E-state index < -0.39 is 11.7 Å². The molecule has 1 radical (unpaired) electrons. The van der Waals surface area contributed by atoms with Gasteiger partial charge in [-0.15, -0.1) is 0 Å². The fourth-order valence-electron chi connectivity index (χ4n) is 1.52. The zero-order valence-corrected chi connectivity index (χ0v) is 8.37. The van der Waals surface area contributed by atoms with E-state index in [1.165, 1.54) is 23.3 Å². The third-order valence-corrected chi connectivity index (χ3v) is 2.34. The number of nitrogens with zero attached hydrogens (tertiary/aromatic N) is 1. The number of hydrogen-bond donors (Lipinski definition) is 2. The number of aliphatic hydroxyl groups is 1.